The first-order valence-electron chi connectivity index (χ1n) is 10.1. The quantitative estimate of drug-likeness (QED) is 0.654. The van der Waals surface area contributed by atoms with E-state index in [9.17, 15) is 8.42 Å². The number of likely N-dealkylation sites (tertiary alicyclic amines) is 1. The Kier molecular flexibility index (Phi) is 7.66. The molecular formula is C22H31N3O3S. The largest absolute Gasteiger partial charge is 0.497 e. The number of ether oxygens (including phenoxy) is 1. The summed E-state index contributed by atoms with van der Waals surface area (Å²) in [5.41, 5.74) is 7.56. The summed E-state index contributed by atoms with van der Waals surface area (Å²) in [5.74, 6) is 0.641. The van der Waals surface area contributed by atoms with Gasteiger partial charge >= 0.3 is 0 Å². The van der Waals surface area contributed by atoms with Gasteiger partial charge < -0.3 is 15.4 Å². The second-order valence-corrected chi connectivity index (χ2v) is 9.37. The van der Waals surface area contributed by atoms with Crippen LogP contribution in [0, 0.1) is 0 Å². The highest BCUT2D eigenvalue weighted by atomic mass is 32.2. The summed E-state index contributed by atoms with van der Waals surface area (Å²) in [4.78, 5) is 2.65. The third-order valence-electron chi connectivity index (χ3n) is 5.44. The first-order chi connectivity index (χ1) is 14.0. The Morgan fingerprint density at radius 1 is 1.10 bits per heavy atom. The summed E-state index contributed by atoms with van der Waals surface area (Å²) < 4.78 is 33.1. The average molecular weight is 418 g/mol. The molecule has 0 bridgehead atoms. The molecule has 0 spiro atoms. The van der Waals surface area contributed by atoms with Crippen molar-refractivity contribution in [1.29, 1.82) is 0 Å². The van der Waals surface area contributed by atoms with Crippen LogP contribution in [0.5, 0.6) is 5.75 Å². The first kappa shape index (κ1) is 21.8. The van der Waals surface area contributed by atoms with Crippen LogP contribution in [-0.4, -0.2) is 52.1 Å². The molecule has 3 N–H and O–H groups in total. The van der Waals surface area contributed by atoms with Gasteiger partial charge in [0.25, 0.3) is 0 Å². The molecule has 0 radical (unpaired) electrons. The molecule has 0 amide bonds. The molecule has 0 aromatic heterocycles. The van der Waals surface area contributed by atoms with Crippen molar-refractivity contribution in [2.45, 2.75) is 42.7 Å². The van der Waals surface area contributed by atoms with Gasteiger partial charge in [-0.2, -0.15) is 0 Å². The molecule has 1 fully saturated rings. The monoisotopic (exact) mass is 417 g/mol. The molecule has 158 valence electrons. The van der Waals surface area contributed by atoms with E-state index in [1.807, 2.05) is 18.2 Å². The van der Waals surface area contributed by atoms with Gasteiger partial charge in [-0.05, 0) is 75.1 Å². The van der Waals surface area contributed by atoms with Crippen LogP contribution in [-0.2, 0) is 16.4 Å². The van der Waals surface area contributed by atoms with Crippen LogP contribution in [0.15, 0.2) is 59.5 Å². The van der Waals surface area contributed by atoms with Gasteiger partial charge in [0.15, 0.2) is 0 Å². The highest BCUT2D eigenvalue weighted by Gasteiger charge is 2.24. The lowest BCUT2D eigenvalue weighted by Crippen LogP contribution is -2.45. The van der Waals surface area contributed by atoms with Crippen LogP contribution in [0.4, 0.5) is 0 Å². The van der Waals surface area contributed by atoms with Crippen molar-refractivity contribution in [3.63, 3.8) is 0 Å². The minimum absolute atomic E-state index is 0.0312. The molecule has 0 saturated carbocycles. The summed E-state index contributed by atoms with van der Waals surface area (Å²) in [6.07, 6.45) is 3.45. The van der Waals surface area contributed by atoms with Crippen molar-refractivity contribution in [1.82, 2.24) is 9.62 Å². The summed E-state index contributed by atoms with van der Waals surface area (Å²) in [7, 11) is -1.95. The number of hydrogen-bond acceptors (Lipinski definition) is 5. The topological polar surface area (TPSA) is 84.7 Å². The molecule has 7 heteroatoms. The SMILES string of the molecule is COc1ccc(S(=O)(=O)NC2CCN(CC[C@@H](N)Cc3ccccc3)CC2)cc1. The zero-order valence-electron chi connectivity index (χ0n) is 17.0. The van der Waals surface area contributed by atoms with Gasteiger partial charge in [-0.25, -0.2) is 13.1 Å². The maximum Gasteiger partial charge on any atom is 0.240 e. The summed E-state index contributed by atoms with van der Waals surface area (Å²) >= 11 is 0. The van der Waals surface area contributed by atoms with Gasteiger partial charge in [-0.3, -0.25) is 0 Å². The van der Waals surface area contributed by atoms with Crippen LogP contribution in [0.3, 0.4) is 0 Å². The lowest BCUT2D eigenvalue weighted by molar-refractivity contribution is 0.201. The fourth-order valence-corrected chi connectivity index (χ4v) is 4.99. The highest BCUT2D eigenvalue weighted by Crippen LogP contribution is 2.18. The van der Waals surface area contributed by atoms with E-state index in [0.29, 0.717) is 5.75 Å². The number of nitrogens with one attached hydrogen (secondary N) is 1. The van der Waals surface area contributed by atoms with Gasteiger partial charge in [0.1, 0.15) is 5.75 Å². The van der Waals surface area contributed by atoms with Crippen LogP contribution in [0.1, 0.15) is 24.8 Å². The minimum Gasteiger partial charge on any atom is -0.497 e. The number of sulfonamides is 1. The zero-order valence-corrected chi connectivity index (χ0v) is 17.8. The maximum absolute atomic E-state index is 12.6. The normalized spacial score (nSPS) is 17.2. The number of methoxy groups -OCH3 is 1. The molecule has 3 rings (SSSR count). The predicted octanol–water partition coefficient (Wildman–Crippen LogP) is 2.40. The van der Waals surface area contributed by atoms with Crippen LogP contribution in [0.2, 0.25) is 0 Å². The molecule has 2 aromatic carbocycles. The molecule has 6 nitrogen and oxygen atoms in total. The Hall–Kier alpha value is -1.93. The van der Waals surface area contributed by atoms with E-state index in [0.717, 1.165) is 45.3 Å². The van der Waals surface area contributed by atoms with Gasteiger partial charge in [0.2, 0.25) is 10.0 Å². The maximum atomic E-state index is 12.6. The zero-order chi connectivity index (χ0) is 20.7. The summed E-state index contributed by atoms with van der Waals surface area (Å²) in [6.45, 7) is 2.72. The molecule has 2 aromatic rings. The number of nitrogens with two attached hydrogens (primary N) is 1. The Morgan fingerprint density at radius 3 is 2.38 bits per heavy atom. The smallest absolute Gasteiger partial charge is 0.240 e. The Morgan fingerprint density at radius 2 is 1.76 bits per heavy atom. The number of hydrogen-bond donors (Lipinski definition) is 2. The number of benzene rings is 2. The van der Waals surface area contributed by atoms with Crippen LogP contribution < -0.4 is 15.2 Å². The number of piperidine rings is 1. The minimum atomic E-state index is -3.51. The van der Waals surface area contributed by atoms with Crippen molar-refractivity contribution < 1.29 is 13.2 Å². The fraction of sp³-hybridized carbons (Fsp3) is 0.455. The standard InChI is InChI=1S/C22H31N3O3S/c1-28-21-7-9-22(10-8-21)29(26,27)24-20-12-15-25(16-13-20)14-11-19(23)17-18-5-3-2-4-6-18/h2-10,19-20,24H,11-17,23H2,1H3/t19-/m1/s1. The molecule has 1 aliphatic rings. The van der Waals surface area contributed by atoms with E-state index in [-0.39, 0.29) is 17.0 Å². The predicted molar refractivity (Wildman–Crippen MR) is 116 cm³/mol. The van der Waals surface area contributed by atoms with E-state index in [1.165, 1.54) is 5.56 Å². The van der Waals surface area contributed by atoms with E-state index >= 15 is 0 Å². The fourth-order valence-electron chi connectivity index (χ4n) is 3.68. The molecule has 29 heavy (non-hydrogen) atoms. The van der Waals surface area contributed by atoms with Gasteiger partial charge in [-0.15, -0.1) is 0 Å². The van der Waals surface area contributed by atoms with E-state index in [1.54, 1.807) is 31.4 Å². The number of rotatable bonds is 9. The number of nitrogens with zero attached hydrogens (tertiary/aromatic N) is 1. The van der Waals surface area contributed by atoms with E-state index < -0.39 is 10.0 Å². The Bertz CT molecular complexity index is 849. The third-order valence-corrected chi connectivity index (χ3v) is 6.97. The van der Waals surface area contributed by atoms with Crippen molar-refractivity contribution in [2.24, 2.45) is 5.73 Å². The molecule has 1 aliphatic heterocycles. The van der Waals surface area contributed by atoms with Crippen molar-refractivity contribution in [3.8, 4) is 5.75 Å². The lowest BCUT2D eigenvalue weighted by atomic mass is 10.0. The van der Waals surface area contributed by atoms with Gasteiger partial charge in [0.05, 0.1) is 12.0 Å². The second kappa shape index (κ2) is 10.2. The molecular weight excluding hydrogens is 386 g/mol. The summed E-state index contributed by atoms with van der Waals surface area (Å²) in [6, 6.07) is 16.9. The molecule has 1 saturated heterocycles. The van der Waals surface area contributed by atoms with Gasteiger partial charge in [-0.1, -0.05) is 30.3 Å². The summed E-state index contributed by atoms with van der Waals surface area (Å²) in [5, 5.41) is 0. The van der Waals surface area contributed by atoms with Crippen LogP contribution >= 0.6 is 0 Å². The lowest BCUT2D eigenvalue weighted by Gasteiger charge is -2.32. The molecule has 1 heterocycles. The van der Waals surface area contributed by atoms with Gasteiger partial charge in [0, 0.05) is 12.1 Å². The molecule has 0 aliphatic carbocycles. The van der Waals surface area contributed by atoms with E-state index in [4.69, 9.17) is 10.5 Å². The first-order valence-corrected chi connectivity index (χ1v) is 11.6. The second-order valence-electron chi connectivity index (χ2n) is 7.65. The van der Waals surface area contributed by atoms with Crippen molar-refractivity contribution in [2.75, 3.05) is 26.7 Å². The molecule has 0 unspecified atom stereocenters. The van der Waals surface area contributed by atoms with Crippen molar-refractivity contribution in [3.05, 3.63) is 60.2 Å². The van der Waals surface area contributed by atoms with E-state index in [2.05, 4.69) is 21.8 Å². The highest BCUT2D eigenvalue weighted by molar-refractivity contribution is 7.89. The third kappa shape index (κ3) is 6.54. The van der Waals surface area contributed by atoms with Crippen LogP contribution in [0.25, 0.3) is 0 Å². The Labute approximate surface area is 174 Å². The molecule has 1 atom stereocenters. The van der Waals surface area contributed by atoms with Crippen molar-refractivity contribution >= 4 is 10.0 Å². The average Bonchev–Trinajstić information content (AvgIpc) is 2.74. The Balaban J connectivity index is 1.41.